The highest BCUT2D eigenvalue weighted by atomic mass is 35.5. The quantitative estimate of drug-likeness (QED) is 0.744. The molecule has 0 radical (unpaired) electrons. The second-order valence-electron chi connectivity index (χ2n) is 4.71. The maximum absolute atomic E-state index is 8.97. The first kappa shape index (κ1) is 14.6. The summed E-state index contributed by atoms with van der Waals surface area (Å²) in [6.07, 6.45) is 0. The van der Waals surface area contributed by atoms with Gasteiger partial charge in [0.05, 0.1) is 6.04 Å². The number of nitrogens with one attached hydrogen (secondary N) is 1. The maximum atomic E-state index is 8.97. The average Bonchev–Trinajstić information content (AvgIpc) is 3.08. The normalized spacial score (nSPS) is 11.6. The Kier molecular flexibility index (Phi) is 4.38. The van der Waals surface area contributed by atoms with Crippen LogP contribution in [0.5, 0.6) is 0 Å². The second kappa shape index (κ2) is 6.61. The number of thiophene rings is 1. The summed E-state index contributed by atoms with van der Waals surface area (Å²) in [5.41, 5.74) is 2.63. The molecule has 1 unspecified atom stereocenters. The number of rotatable bonds is 4. The highest BCUT2D eigenvalue weighted by Gasteiger charge is 2.15. The molecule has 3 aromatic rings. The maximum Gasteiger partial charge on any atom is 0.142 e. The van der Waals surface area contributed by atoms with Crippen LogP contribution < -0.4 is 5.32 Å². The predicted molar refractivity (Wildman–Crippen MR) is 90.2 cm³/mol. The molecule has 0 amide bonds. The first-order valence-electron chi connectivity index (χ1n) is 6.67. The second-order valence-corrected chi connectivity index (χ2v) is 5.92. The van der Waals surface area contributed by atoms with Gasteiger partial charge in [0.2, 0.25) is 0 Å². The van der Waals surface area contributed by atoms with E-state index in [1.54, 1.807) is 17.4 Å². The molecule has 1 N–H and O–H groups in total. The van der Waals surface area contributed by atoms with Crippen molar-refractivity contribution in [2.24, 2.45) is 0 Å². The van der Waals surface area contributed by atoms with Crippen molar-refractivity contribution in [2.75, 3.05) is 5.32 Å². The lowest BCUT2D eigenvalue weighted by Gasteiger charge is -2.19. The van der Waals surface area contributed by atoms with E-state index in [4.69, 9.17) is 16.9 Å². The van der Waals surface area contributed by atoms with Crippen LogP contribution in [0.1, 0.15) is 22.9 Å². The van der Waals surface area contributed by atoms with Crippen molar-refractivity contribution in [3.8, 4) is 6.07 Å². The van der Waals surface area contributed by atoms with Gasteiger partial charge in [-0.1, -0.05) is 29.8 Å². The third kappa shape index (κ3) is 3.28. The Balaban J connectivity index is 1.95. The lowest BCUT2D eigenvalue weighted by Crippen LogP contribution is -2.12. The molecule has 3 nitrogen and oxygen atoms in total. The Morgan fingerprint density at radius 2 is 1.91 bits per heavy atom. The number of pyridine rings is 1. The summed E-state index contributed by atoms with van der Waals surface area (Å²) in [5, 5.41) is 17.2. The fourth-order valence-corrected chi connectivity index (χ4v) is 2.99. The minimum Gasteiger partial charge on any atom is -0.359 e. The lowest BCUT2D eigenvalue weighted by molar-refractivity contribution is 0.931. The number of halogens is 1. The van der Waals surface area contributed by atoms with Gasteiger partial charge in [-0.15, -0.1) is 0 Å². The molecule has 3 rings (SSSR count). The number of anilines is 1. The Bertz CT molecular complexity index is 792. The van der Waals surface area contributed by atoms with Crippen molar-refractivity contribution in [1.82, 2.24) is 4.98 Å². The van der Waals surface area contributed by atoms with E-state index < -0.39 is 0 Å². The Morgan fingerprint density at radius 3 is 2.59 bits per heavy atom. The smallest absolute Gasteiger partial charge is 0.142 e. The highest BCUT2D eigenvalue weighted by Crippen LogP contribution is 2.28. The summed E-state index contributed by atoms with van der Waals surface area (Å²) in [5.74, 6) is 0.671. The monoisotopic (exact) mass is 325 g/mol. The minimum absolute atomic E-state index is 0.0371. The molecule has 2 heterocycles. The van der Waals surface area contributed by atoms with Gasteiger partial charge in [0, 0.05) is 5.02 Å². The van der Waals surface area contributed by atoms with Gasteiger partial charge < -0.3 is 5.32 Å². The van der Waals surface area contributed by atoms with Crippen molar-refractivity contribution in [3.63, 3.8) is 0 Å². The van der Waals surface area contributed by atoms with E-state index >= 15 is 0 Å². The summed E-state index contributed by atoms with van der Waals surface area (Å²) in [4.78, 5) is 4.29. The predicted octanol–water partition coefficient (Wildman–Crippen LogP) is 4.87. The third-order valence-electron chi connectivity index (χ3n) is 3.24. The van der Waals surface area contributed by atoms with Gasteiger partial charge in [0.1, 0.15) is 17.6 Å². The molecule has 0 saturated heterocycles. The standard InChI is InChI=1S/C17H12ClN3S/c18-14-6-4-12(5-7-14)17(13-8-9-22-11-13)21-16-3-1-2-15(10-19)20-16/h1-9,11,17H,(H,20,21). The molecule has 0 aliphatic carbocycles. The lowest BCUT2D eigenvalue weighted by atomic mass is 10.0. The van der Waals surface area contributed by atoms with E-state index in [0.717, 1.165) is 11.1 Å². The van der Waals surface area contributed by atoms with Gasteiger partial charge in [0.15, 0.2) is 0 Å². The topological polar surface area (TPSA) is 48.7 Å². The van der Waals surface area contributed by atoms with Crippen LogP contribution >= 0.6 is 22.9 Å². The Hall–Kier alpha value is -2.35. The van der Waals surface area contributed by atoms with Gasteiger partial charge in [-0.3, -0.25) is 0 Å². The largest absolute Gasteiger partial charge is 0.359 e. The van der Waals surface area contributed by atoms with Crippen molar-refractivity contribution in [3.05, 3.63) is 81.1 Å². The summed E-state index contributed by atoms with van der Waals surface area (Å²) >= 11 is 7.62. The van der Waals surface area contributed by atoms with Gasteiger partial charge in [-0.25, -0.2) is 4.98 Å². The van der Waals surface area contributed by atoms with Crippen LogP contribution in [0.25, 0.3) is 0 Å². The summed E-state index contributed by atoms with van der Waals surface area (Å²) in [6, 6.07) is 17.2. The van der Waals surface area contributed by atoms with Crippen molar-refractivity contribution >= 4 is 28.8 Å². The summed E-state index contributed by atoms with van der Waals surface area (Å²) in [6.45, 7) is 0. The first-order chi connectivity index (χ1) is 10.8. The van der Waals surface area contributed by atoms with Gasteiger partial charge in [-0.05, 0) is 52.2 Å². The molecule has 1 atom stereocenters. The first-order valence-corrected chi connectivity index (χ1v) is 7.99. The zero-order valence-corrected chi connectivity index (χ0v) is 13.1. The van der Waals surface area contributed by atoms with E-state index in [0.29, 0.717) is 16.5 Å². The molecule has 0 saturated carbocycles. The highest BCUT2D eigenvalue weighted by molar-refractivity contribution is 7.08. The van der Waals surface area contributed by atoms with Crippen LogP contribution in [-0.2, 0) is 0 Å². The molecule has 0 fully saturated rings. The van der Waals surface area contributed by atoms with E-state index in [2.05, 4.69) is 27.8 Å². The minimum atomic E-state index is -0.0371. The van der Waals surface area contributed by atoms with Gasteiger partial charge in [-0.2, -0.15) is 16.6 Å². The SMILES string of the molecule is N#Cc1cccc(NC(c2ccc(Cl)cc2)c2ccsc2)n1. The molecule has 0 aliphatic rings. The van der Waals surface area contributed by atoms with Crippen molar-refractivity contribution in [1.29, 1.82) is 5.26 Å². The van der Waals surface area contributed by atoms with Crippen LogP contribution in [0.15, 0.2) is 59.3 Å². The molecule has 1 aromatic carbocycles. The molecular weight excluding hydrogens is 314 g/mol. The number of aromatic nitrogens is 1. The van der Waals surface area contributed by atoms with E-state index in [1.807, 2.05) is 41.8 Å². The molecule has 5 heteroatoms. The summed E-state index contributed by atoms with van der Waals surface area (Å²) < 4.78 is 0. The fourth-order valence-electron chi connectivity index (χ4n) is 2.18. The van der Waals surface area contributed by atoms with Crippen LogP contribution in [0.3, 0.4) is 0 Å². The number of hydrogen-bond donors (Lipinski definition) is 1. The van der Waals surface area contributed by atoms with Crippen LogP contribution in [-0.4, -0.2) is 4.98 Å². The Labute approximate surface area is 137 Å². The van der Waals surface area contributed by atoms with E-state index in [-0.39, 0.29) is 6.04 Å². The van der Waals surface area contributed by atoms with Gasteiger partial charge >= 0.3 is 0 Å². The zero-order chi connectivity index (χ0) is 15.4. The number of nitriles is 1. The molecule has 2 aromatic heterocycles. The number of benzene rings is 1. The Morgan fingerprint density at radius 1 is 1.09 bits per heavy atom. The summed E-state index contributed by atoms with van der Waals surface area (Å²) in [7, 11) is 0. The molecule has 108 valence electrons. The van der Waals surface area contributed by atoms with E-state index in [9.17, 15) is 0 Å². The van der Waals surface area contributed by atoms with Crippen molar-refractivity contribution in [2.45, 2.75) is 6.04 Å². The fraction of sp³-hybridized carbons (Fsp3) is 0.0588. The average molecular weight is 326 g/mol. The molecule has 0 bridgehead atoms. The molecule has 0 aliphatic heterocycles. The number of nitrogens with zero attached hydrogens (tertiary/aromatic N) is 2. The molecule has 22 heavy (non-hydrogen) atoms. The van der Waals surface area contributed by atoms with Crippen LogP contribution in [0.4, 0.5) is 5.82 Å². The van der Waals surface area contributed by atoms with E-state index in [1.165, 1.54) is 0 Å². The van der Waals surface area contributed by atoms with Crippen LogP contribution in [0.2, 0.25) is 5.02 Å². The zero-order valence-electron chi connectivity index (χ0n) is 11.5. The van der Waals surface area contributed by atoms with Crippen molar-refractivity contribution < 1.29 is 0 Å². The third-order valence-corrected chi connectivity index (χ3v) is 4.19. The van der Waals surface area contributed by atoms with Crippen LogP contribution in [0, 0.1) is 11.3 Å². The number of hydrogen-bond acceptors (Lipinski definition) is 4. The molecular formula is C17H12ClN3S. The molecule has 0 spiro atoms. The van der Waals surface area contributed by atoms with Gasteiger partial charge in [0.25, 0.3) is 0 Å².